The van der Waals surface area contributed by atoms with Crippen LogP contribution in [0.25, 0.3) is 0 Å². The molecule has 2 N–H and O–H groups in total. The average Bonchev–Trinajstić information content (AvgIpc) is 2.41. The van der Waals surface area contributed by atoms with Crippen molar-refractivity contribution in [3.05, 3.63) is 59.7 Å². The molecule has 2 aromatic rings. The number of hydrogen-bond acceptors (Lipinski definition) is 3. The maximum Gasteiger partial charge on any atom is 0.311 e. The number of aryl methyl sites for hydroxylation is 2. The fourth-order valence-corrected chi connectivity index (χ4v) is 1.72. The molecule has 0 saturated carbocycles. The van der Waals surface area contributed by atoms with Gasteiger partial charge in [-0.3, -0.25) is 4.79 Å². The van der Waals surface area contributed by atoms with E-state index in [1.807, 2.05) is 43.3 Å². The van der Waals surface area contributed by atoms with Crippen LogP contribution in [-0.4, -0.2) is 5.97 Å². The second kappa shape index (κ2) is 6.05. The van der Waals surface area contributed by atoms with E-state index in [0.717, 1.165) is 16.8 Å². The number of benzene rings is 2. The van der Waals surface area contributed by atoms with Crippen molar-refractivity contribution in [1.82, 2.24) is 0 Å². The molecule has 0 aromatic heterocycles. The number of nitrogen functional groups attached to an aromatic ring is 1. The van der Waals surface area contributed by atoms with Crippen molar-refractivity contribution < 1.29 is 9.53 Å². The van der Waals surface area contributed by atoms with E-state index in [0.29, 0.717) is 18.6 Å². The standard InChI is InChI=1S/C16H17NO2/c1-12-2-9-15(10-3-12)19-16(18)11-6-13-4-7-14(17)8-5-13/h2-5,7-10H,6,11,17H2,1H3. The first-order valence-corrected chi connectivity index (χ1v) is 6.25. The maximum absolute atomic E-state index is 11.7. The quantitative estimate of drug-likeness (QED) is 0.519. The molecule has 0 radical (unpaired) electrons. The molecule has 3 heteroatoms. The molecule has 19 heavy (non-hydrogen) atoms. The van der Waals surface area contributed by atoms with Crippen LogP contribution in [0.15, 0.2) is 48.5 Å². The average molecular weight is 255 g/mol. The number of rotatable bonds is 4. The molecule has 3 nitrogen and oxygen atoms in total. The van der Waals surface area contributed by atoms with Crippen molar-refractivity contribution in [2.45, 2.75) is 19.8 Å². The molecule has 0 spiro atoms. The molecule has 98 valence electrons. The summed E-state index contributed by atoms with van der Waals surface area (Å²) in [6.07, 6.45) is 1.02. The van der Waals surface area contributed by atoms with Gasteiger partial charge in [-0.15, -0.1) is 0 Å². The molecule has 0 saturated heterocycles. The Morgan fingerprint density at radius 2 is 1.68 bits per heavy atom. The second-order valence-corrected chi connectivity index (χ2v) is 4.53. The van der Waals surface area contributed by atoms with Crippen LogP contribution in [0.3, 0.4) is 0 Å². The summed E-state index contributed by atoms with van der Waals surface area (Å²) in [6, 6.07) is 15.0. The Labute approximate surface area is 113 Å². The molecule has 0 atom stereocenters. The summed E-state index contributed by atoms with van der Waals surface area (Å²) in [7, 11) is 0. The Bertz CT molecular complexity index is 544. The van der Waals surface area contributed by atoms with Crippen molar-refractivity contribution in [3.63, 3.8) is 0 Å². The summed E-state index contributed by atoms with van der Waals surface area (Å²) < 4.78 is 5.25. The van der Waals surface area contributed by atoms with E-state index in [2.05, 4.69) is 0 Å². The molecule has 0 unspecified atom stereocenters. The summed E-state index contributed by atoms with van der Waals surface area (Å²) in [4.78, 5) is 11.7. The van der Waals surface area contributed by atoms with Crippen LogP contribution in [0.4, 0.5) is 5.69 Å². The molecule has 0 bridgehead atoms. The van der Waals surface area contributed by atoms with Gasteiger partial charge in [-0.05, 0) is 43.2 Å². The number of carbonyl (C=O) groups excluding carboxylic acids is 1. The van der Waals surface area contributed by atoms with Gasteiger partial charge >= 0.3 is 5.97 Å². The van der Waals surface area contributed by atoms with E-state index in [1.54, 1.807) is 12.1 Å². The van der Waals surface area contributed by atoms with Crippen LogP contribution in [0.2, 0.25) is 0 Å². The Kier molecular flexibility index (Phi) is 4.18. The van der Waals surface area contributed by atoms with Gasteiger partial charge in [0, 0.05) is 12.1 Å². The lowest BCUT2D eigenvalue weighted by Gasteiger charge is -2.05. The SMILES string of the molecule is Cc1ccc(OC(=O)CCc2ccc(N)cc2)cc1. The second-order valence-electron chi connectivity index (χ2n) is 4.53. The highest BCUT2D eigenvalue weighted by molar-refractivity contribution is 5.72. The molecular formula is C16H17NO2. The predicted molar refractivity (Wildman–Crippen MR) is 76.0 cm³/mol. The highest BCUT2D eigenvalue weighted by Gasteiger charge is 2.05. The van der Waals surface area contributed by atoms with Crippen LogP contribution in [0.1, 0.15) is 17.5 Å². The molecule has 0 aliphatic rings. The van der Waals surface area contributed by atoms with Crippen LogP contribution in [0, 0.1) is 6.92 Å². The third-order valence-corrected chi connectivity index (χ3v) is 2.85. The largest absolute Gasteiger partial charge is 0.427 e. The van der Waals surface area contributed by atoms with Crippen molar-refractivity contribution in [1.29, 1.82) is 0 Å². The molecule has 0 fully saturated rings. The van der Waals surface area contributed by atoms with Gasteiger partial charge in [-0.1, -0.05) is 29.8 Å². The fraction of sp³-hybridized carbons (Fsp3) is 0.188. The van der Waals surface area contributed by atoms with Gasteiger partial charge in [-0.2, -0.15) is 0 Å². The summed E-state index contributed by atoms with van der Waals surface area (Å²) >= 11 is 0. The van der Waals surface area contributed by atoms with Gasteiger partial charge < -0.3 is 10.5 Å². The Balaban J connectivity index is 1.84. The first-order chi connectivity index (χ1) is 9.13. The lowest BCUT2D eigenvalue weighted by Crippen LogP contribution is -2.09. The molecular weight excluding hydrogens is 238 g/mol. The summed E-state index contributed by atoms with van der Waals surface area (Å²) in [5.41, 5.74) is 8.55. The third-order valence-electron chi connectivity index (χ3n) is 2.85. The van der Waals surface area contributed by atoms with E-state index >= 15 is 0 Å². The summed E-state index contributed by atoms with van der Waals surface area (Å²) in [6.45, 7) is 1.99. The lowest BCUT2D eigenvalue weighted by atomic mass is 10.1. The van der Waals surface area contributed by atoms with Crippen molar-refractivity contribution in [3.8, 4) is 5.75 Å². The zero-order valence-corrected chi connectivity index (χ0v) is 10.9. The Morgan fingerprint density at radius 3 is 2.32 bits per heavy atom. The van der Waals surface area contributed by atoms with Gasteiger partial charge in [0.05, 0.1) is 0 Å². The number of esters is 1. The van der Waals surface area contributed by atoms with Gasteiger partial charge in [0.25, 0.3) is 0 Å². The Morgan fingerprint density at radius 1 is 1.05 bits per heavy atom. The van der Waals surface area contributed by atoms with Crippen molar-refractivity contribution in [2.24, 2.45) is 0 Å². The number of ether oxygens (including phenoxy) is 1. The summed E-state index contributed by atoms with van der Waals surface area (Å²) in [5, 5.41) is 0. The topological polar surface area (TPSA) is 52.3 Å². The van der Waals surface area contributed by atoms with E-state index in [1.165, 1.54) is 0 Å². The third kappa shape index (κ3) is 4.14. The number of anilines is 1. The first-order valence-electron chi connectivity index (χ1n) is 6.25. The van der Waals surface area contributed by atoms with E-state index in [-0.39, 0.29) is 5.97 Å². The highest BCUT2D eigenvalue weighted by Crippen LogP contribution is 2.13. The Hall–Kier alpha value is -2.29. The zero-order valence-electron chi connectivity index (χ0n) is 10.9. The molecule has 0 aliphatic heterocycles. The van der Waals surface area contributed by atoms with Gasteiger partial charge in [0.15, 0.2) is 0 Å². The van der Waals surface area contributed by atoms with Crippen LogP contribution in [0.5, 0.6) is 5.75 Å². The van der Waals surface area contributed by atoms with E-state index in [4.69, 9.17) is 10.5 Å². The fourth-order valence-electron chi connectivity index (χ4n) is 1.72. The monoisotopic (exact) mass is 255 g/mol. The summed E-state index contributed by atoms with van der Waals surface area (Å²) in [5.74, 6) is 0.369. The van der Waals surface area contributed by atoms with Crippen LogP contribution < -0.4 is 10.5 Å². The minimum atomic E-state index is -0.222. The van der Waals surface area contributed by atoms with Gasteiger partial charge in [-0.25, -0.2) is 0 Å². The minimum Gasteiger partial charge on any atom is -0.427 e. The van der Waals surface area contributed by atoms with Gasteiger partial charge in [0.2, 0.25) is 0 Å². The smallest absolute Gasteiger partial charge is 0.311 e. The lowest BCUT2D eigenvalue weighted by molar-refractivity contribution is -0.134. The molecule has 0 amide bonds. The maximum atomic E-state index is 11.7. The van der Waals surface area contributed by atoms with Crippen molar-refractivity contribution in [2.75, 3.05) is 5.73 Å². The van der Waals surface area contributed by atoms with Gasteiger partial charge in [0.1, 0.15) is 5.75 Å². The van der Waals surface area contributed by atoms with Crippen LogP contribution in [-0.2, 0) is 11.2 Å². The molecule has 2 aromatic carbocycles. The first kappa shape index (κ1) is 13.1. The van der Waals surface area contributed by atoms with Crippen molar-refractivity contribution >= 4 is 11.7 Å². The minimum absolute atomic E-state index is 0.222. The van der Waals surface area contributed by atoms with Crippen LogP contribution >= 0.6 is 0 Å². The molecule has 0 aliphatic carbocycles. The number of carbonyl (C=O) groups is 1. The van der Waals surface area contributed by atoms with E-state index < -0.39 is 0 Å². The predicted octanol–water partition coefficient (Wildman–Crippen LogP) is 3.12. The zero-order chi connectivity index (χ0) is 13.7. The number of hydrogen-bond donors (Lipinski definition) is 1. The van der Waals surface area contributed by atoms with E-state index in [9.17, 15) is 4.79 Å². The highest BCUT2D eigenvalue weighted by atomic mass is 16.5. The molecule has 2 rings (SSSR count). The molecule has 0 heterocycles. The normalized spacial score (nSPS) is 10.2. The number of nitrogens with two attached hydrogens (primary N) is 1.